The van der Waals surface area contributed by atoms with Crippen molar-refractivity contribution in [2.24, 2.45) is 0 Å². The maximum Gasteiger partial charge on any atom is 0.394 e. The number of phenolic OH excluding ortho intramolecular Hbond substituents is 1. The number of aliphatic carboxylic acids is 1. The summed E-state index contributed by atoms with van der Waals surface area (Å²) in [5, 5.41) is 45.2. The Balaban J connectivity index is 1.62. The Morgan fingerprint density at radius 2 is 1.97 bits per heavy atom. The third kappa shape index (κ3) is 3.33. The molecule has 11 heteroatoms. The number of amides is 1. The molecule has 0 fully saturated rings. The first-order chi connectivity index (χ1) is 14.3. The number of benzene rings is 1. The van der Waals surface area contributed by atoms with Crippen molar-refractivity contribution >= 4 is 45.0 Å². The molecule has 2 aromatic heterocycles. The number of carbonyl (C=O) groups is 3. The van der Waals surface area contributed by atoms with Gasteiger partial charge in [-0.3, -0.25) is 4.79 Å². The molecule has 10 nitrogen and oxygen atoms in total. The van der Waals surface area contributed by atoms with Gasteiger partial charge < -0.3 is 35.6 Å². The number of nitrogens with zero attached hydrogens (tertiary/aromatic N) is 1. The molecule has 6 N–H and O–H groups in total. The zero-order chi connectivity index (χ0) is 21.6. The summed E-state index contributed by atoms with van der Waals surface area (Å²) in [5.41, 5.74) is 0.409. The van der Waals surface area contributed by atoms with E-state index in [2.05, 4.69) is 10.6 Å². The number of hydrogen-bond donors (Lipinski definition) is 6. The van der Waals surface area contributed by atoms with E-state index in [0.29, 0.717) is 40.7 Å². The van der Waals surface area contributed by atoms with Crippen molar-refractivity contribution in [3.8, 4) is 11.6 Å². The highest BCUT2D eigenvalue weighted by Gasteiger charge is 2.30. The molecule has 1 amide bonds. The topological polar surface area (TPSA) is 161 Å². The van der Waals surface area contributed by atoms with Crippen molar-refractivity contribution in [3.63, 3.8) is 0 Å². The number of anilines is 1. The number of fused-ring (bicyclic) bond motifs is 2. The quantitative estimate of drug-likeness (QED) is 0.339. The average molecular weight is 431 g/mol. The molecule has 3 aromatic rings. The van der Waals surface area contributed by atoms with E-state index < -0.39 is 17.8 Å². The molecule has 0 radical (unpaired) electrons. The Labute approximate surface area is 173 Å². The number of aromatic hydroxyl groups is 2. The number of phenols is 1. The van der Waals surface area contributed by atoms with Gasteiger partial charge in [0.2, 0.25) is 0 Å². The standard InChI is InChI=1S/C19H17N3O7S/c23-12-3-1-2-9-11(12)7-22(17(9)25)6-8-4-10-13(5-20-8)30-16(14(10)18(26)27)21-15(24)19(28)29/h1-3,7-8,20,23,25H,4-6H2,(H,21,24)(H,26,27)(H,28,29)/t8-/m0/s1. The molecule has 1 atom stereocenters. The van der Waals surface area contributed by atoms with E-state index in [0.717, 1.165) is 11.3 Å². The smallest absolute Gasteiger partial charge is 0.394 e. The Morgan fingerprint density at radius 3 is 2.63 bits per heavy atom. The minimum absolute atomic E-state index is 0.00770. The van der Waals surface area contributed by atoms with Crippen LogP contribution in [0.25, 0.3) is 10.8 Å². The van der Waals surface area contributed by atoms with E-state index in [1.807, 2.05) is 0 Å². The molecular formula is C19H17N3O7S. The molecule has 1 aromatic carbocycles. The number of hydrogen-bond acceptors (Lipinski definition) is 7. The van der Waals surface area contributed by atoms with Gasteiger partial charge in [-0.15, -0.1) is 11.3 Å². The van der Waals surface area contributed by atoms with Crippen LogP contribution >= 0.6 is 11.3 Å². The maximum atomic E-state index is 11.8. The zero-order valence-corrected chi connectivity index (χ0v) is 16.2. The number of carbonyl (C=O) groups excluding carboxylic acids is 1. The van der Waals surface area contributed by atoms with Crippen LogP contribution in [0.1, 0.15) is 20.8 Å². The van der Waals surface area contributed by atoms with E-state index >= 15 is 0 Å². The van der Waals surface area contributed by atoms with Crippen LogP contribution in [0.3, 0.4) is 0 Å². The Kier molecular flexibility index (Phi) is 4.84. The number of rotatable bonds is 4. The molecule has 0 spiro atoms. The van der Waals surface area contributed by atoms with Gasteiger partial charge in [0.25, 0.3) is 0 Å². The number of carboxylic acids is 2. The lowest BCUT2D eigenvalue weighted by atomic mass is 9.98. The second kappa shape index (κ2) is 7.35. The second-order valence-corrected chi connectivity index (χ2v) is 8.00. The molecule has 156 valence electrons. The zero-order valence-electron chi connectivity index (χ0n) is 15.4. The highest BCUT2D eigenvalue weighted by atomic mass is 32.1. The predicted molar refractivity (Wildman–Crippen MR) is 107 cm³/mol. The summed E-state index contributed by atoms with van der Waals surface area (Å²) in [6.07, 6.45) is 1.93. The van der Waals surface area contributed by atoms with Crippen LogP contribution in [0.2, 0.25) is 0 Å². The van der Waals surface area contributed by atoms with Crippen LogP contribution in [0.5, 0.6) is 11.6 Å². The minimum Gasteiger partial charge on any atom is -0.507 e. The molecule has 0 saturated heterocycles. The third-order valence-corrected chi connectivity index (χ3v) is 6.17. The summed E-state index contributed by atoms with van der Waals surface area (Å²) >= 11 is 1.03. The Hall–Kier alpha value is -3.57. The van der Waals surface area contributed by atoms with Crippen molar-refractivity contribution in [2.75, 3.05) is 5.32 Å². The second-order valence-electron chi connectivity index (χ2n) is 6.90. The first-order valence-electron chi connectivity index (χ1n) is 8.91. The van der Waals surface area contributed by atoms with Crippen LogP contribution in [-0.4, -0.2) is 48.9 Å². The van der Waals surface area contributed by atoms with Crippen molar-refractivity contribution < 1.29 is 34.8 Å². The van der Waals surface area contributed by atoms with E-state index in [1.165, 1.54) is 6.07 Å². The fraction of sp³-hybridized carbons (Fsp3) is 0.211. The fourth-order valence-corrected chi connectivity index (χ4v) is 4.83. The molecular weight excluding hydrogens is 414 g/mol. The van der Waals surface area contributed by atoms with Gasteiger partial charge in [0.15, 0.2) is 5.88 Å². The average Bonchev–Trinajstić information content (AvgIpc) is 3.20. The highest BCUT2D eigenvalue weighted by molar-refractivity contribution is 7.17. The van der Waals surface area contributed by atoms with Gasteiger partial charge in [-0.1, -0.05) is 6.07 Å². The summed E-state index contributed by atoms with van der Waals surface area (Å²) in [6.45, 7) is 0.645. The first kappa shape index (κ1) is 19.7. The van der Waals surface area contributed by atoms with E-state index in [4.69, 9.17) is 5.11 Å². The minimum atomic E-state index is -1.70. The van der Waals surface area contributed by atoms with Crippen molar-refractivity contribution in [1.29, 1.82) is 0 Å². The molecule has 0 unspecified atom stereocenters. The molecule has 0 aliphatic carbocycles. The van der Waals surface area contributed by atoms with Crippen LogP contribution in [-0.2, 0) is 29.1 Å². The number of thiophene rings is 1. The molecule has 30 heavy (non-hydrogen) atoms. The van der Waals surface area contributed by atoms with Gasteiger partial charge in [0, 0.05) is 41.0 Å². The first-order valence-corrected chi connectivity index (χ1v) is 9.73. The van der Waals surface area contributed by atoms with Gasteiger partial charge >= 0.3 is 17.8 Å². The van der Waals surface area contributed by atoms with Gasteiger partial charge in [0.1, 0.15) is 10.8 Å². The van der Waals surface area contributed by atoms with Crippen molar-refractivity contribution in [3.05, 3.63) is 40.4 Å². The maximum absolute atomic E-state index is 11.8. The lowest BCUT2D eigenvalue weighted by molar-refractivity contribution is -0.147. The molecule has 1 aliphatic rings. The Morgan fingerprint density at radius 1 is 1.20 bits per heavy atom. The van der Waals surface area contributed by atoms with Gasteiger partial charge in [0.05, 0.1) is 5.56 Å². The van der Waals surface area contributed by atoms with E-state index in [-0.39, 0.29) is 28.2 Å². The summed E-state index contributed by atoms with van der Waals surface area (Å²) in [7, 11) is 0. The normalized spacial score (nSPS) is 15.7. The fourth-order valence-electron chi connectivity index (χ4n) is 3.66. The lowest BCUT2D eigenvalue weighted by Gasteiger charge is -2.25. The predicted octanol–water partition coefficient (Wildman–Crippen LogP) is 1.55. The largest absolute Gasteiger partial charge is 0.507 e. The van der Waals surface area contributed by atoms with Gasteiger partial charge in [-0.25, -0.2) is 9.59 Å². The lowest BCUT2D eigenvalue weighted by Crippen LogP contribution is -2.38. The van der Waals surface area contributed by atoms with Crippen LogP contribution in [0, 0.1) is 0 Å². The summed E-state index contributed by atoms with van der Waals surface area (Å²) in [5.74, 6) is -4.22. The Bertz CT molecular complexity index is 1200. The van der Waals surface area contributed by atoms with Gasteiger partial charge in [-0.05, 0) is 24.1 Å². The van der Waals surface area contributed by atoms with Gasteiger partial charge in [-0.2, -0.15) is 0 Å². The SMILES string of the molecule is O=C(O)C(=O)Nc1sc2c(c1C(=O)O)C[C@@H](Cn1cc3c(O)cccc3c1O)NC2. The van der Waals surface area contributed by atoms with E-state index in [1.54, 1.807) is 22.9 Å². The van der Waals surface area contributed by atoms with Crippen molar-refractivity contribution in [1.82, 2.24) is 9.88 Å². The van der Waals surface area contributed by atoms with Crippen LogP contribution < -0.4 is 10.6 Å². The number of aromatic carboxylic acids is 1. The summed E-state index contributed by atoms with van der Waals surface area (Å²) in [6, 6.07) is 4.61. The van der Waals surface area contributed by atoms with Crippen LogP contribution in [0.15, 0.2) is 24.4 Å². The summed E-state index contributed by atoms with van der Waals surface area (Å²) < 4.78 is 1.58. The number of aromatic nitrogens is 1. The summed E-state index contributed by atoms with van der Waals surface area (Å²) in [4.78, 5) is 34.8. The van der Waals surface area contributed by atoms with E-state index in [9.17, 15) is 29.7 Å². The number of nitrogens with one attached hydrogen (secondary N) is 2. The highest BCUT2D eigenvalue weighted by Crippen LogP contribution is 2.38. The third-order valence-electron chi connectivity index (χ3n) is 5.03. The monoisotopic (exact) mass is 431 g/mol. The molecule has 3 heterocycles. The molecule has 4 rings (SSSR count). The number of carboxylic acid groups (broad SMARTS) is 2. The van der Waals surface area contributed by atoms with Crippen molar-refractivity contribution in [2.45, 2.75) is 25.6 Å². The molecule has 0 saturated carbocycles. The van der Waals surface area contributed by atoms with Crippen LogP contribution in [0.4, 0.5) is 5.00 Å². The molecule has 1 aliphatic heterocycles. The molecule has 0 bridgehead atoms.